The van der Waals surface area contributed by atoms with E-state index in [4.69, 9.17) is 0 Å². The predicted molar refractivity (Wildman–Crippen MR) is 72.0 cm³/mol. The number of carbonyl (C=O) groups is 2. The molecule has 1 aromatic rings. The maximum absolute atomic E-state index is 12.1. The van der Waals surface area contributed by atoms with Gasteiger partial charge in [0.1, 0.15) is 0 Å². The highest BCUT2D eigenvalue weighted by molar-refractivity contribution is 5.94. The first-order valence-corrected chi connectivity index (χ1v) is 6.34. The van der Waals surface area contributed by atoms with Gasteiger partial charge in [-0.15, -0.1) is 0 Å². The minimum atomic E-state index is -0.383. The van der Waals surface area contributed by atoms with E-state index in [-0.39, 0.29) is 23.8 Å². The van der Waals surface area contributed by atoms with Gasteiger partial charge in [-0.3, -0.25) is 4.79 Å². The lowest BCUT2D eigenvalue weighted by molar-refractivity contribution is -0.120. The van der Waals surface area contributed by atoms with Gasteiger partial charge in [0.15, 0.2) is 0 Å². The van der Waals surface area contributed by atoms with E-state index >= 15 is 0 Å². The molecule has 0 aromatic heterocycles. The summed E-state index contributed by atoms with van der Waals surface area (Å²) in [4.78, 5) is 23.3. The van der Waals surface area contributed by atoms with Crippen LogP contribution < -0.4 is 10.6 Å². The summed E-state index contributed by atoms with van der Waals surface area (Å²) in [5.41, 5.74) is 1.16. The number of ether oxygens (including phenoxy) is 1. The first-order valence-electron chi connectivity index (χ1n) is 6.34. The Hall–Kier alpha value is -1.88. The van der Waals surface area contributed by atoms with Crippen LogP contribution in [0.25, 0.3) is 0 Å². The maximum Gasteiger partial charge on any atom is 0.337 e. The average Bonchev–Trinajstić information content (AvgIpc) is 2.85. The van der Waals surface area contributed by atoms with Crippen molar-refractivity contribution in [3.8, 4) is 0 Å². The second-order valence-corrected chi connectivity index (χ2v) is 4.70. The molecule has 1 saturated heterocycles. The summed E-state index contributed by atoms with van der Waals surface area (Å²) in [6.07, 6.45) is 0.854. The van der Waals surface area contributed by atoms with Crippen molar-refractivity contribution in [3.63, 3.8) is 0 Å². The fraction of sp³-hybridized carbons (Fsp3) is 0.429. The Kier molecular flexibility index (Phi) is 4.16. The first-order chi connectivity index (χ1) is 9.11. The Labute approximate surface area is 112 Å². The number of carbonyl (C=O) groups excluding carboxylic acids is 2. The van der Waals surface area contributed by atoms with Gasteiger partial charge >= 0.3 is 5.97 Å². The molecule has 19 heavy (non-hydrogen) atoms. The van der Waals surface area contributed by atoms with Gasteiger partial charge in [0.25, 0.3) is 0 Å². The number of benzene rings is 1. The minimum Gasteiger partial charge on any atom is -0.465 e. The summed E-state index contributed by atoms with van der Waals surface area (Å²) in [7, 11) is 1.34. The number of anilines is 1. The summed E-state index contributed by atoms with van der Waals surface area (Å²) < 4.78 is 4.62. The Morgan fingerprint density at radius 3 is 2.53 bits per heavy atom. The average molecular weight is 262 g/mol. The van der Waals surface area contributed by atoms with Crippen molar-refractivity contribution in [3.05, 3.63) is 29.8 Å². The second kappa shape index (κ2) is 5.84. The zero-order chi connectivity index (χ0) is 13.8. The molecule has 1 fully saturated rings. The standard InChI is InChI=1S/C14H18N2O3/c1-9-12(7-8-15-9)13(17)16-11-5-3-10(4-6-11)14(18)19-2/h3-6,9,12,15H,7-8H2,1-2H3,(H,16,17). The quantitative estimate of drug-likeness (QED) is 0.808. The maximum atomic E-state index is 12.1. The van der Waals surface area contributed by atoms with E-state index < -0.39 is 0 Å². The van der Waals surface area contributed by atoms with Gasteiger partial charge in [0.2, 0.25) is 5.91 Å². The topological polar surface area (TPSA) is 67.4 Å². The molecule has 0 aliphatic carbocycles. The summed E-state index contributed by atoms with van der Waals surface area (Å²) >= 11 is 0. The third-order valence-electron chi connectivity index (χ3n) is 3.44. The summed E-state index contributed by atoms with van der Waals surface area (Å²) in [5.74, 6) is -0.366. The highest BCUT2D eigenvalue weighted by Crippen LogP contribution is 2.18. The molecule has 1 amide bonds. The zero-order valence-corrected chi connectivity index (χ0v) is 11.1. The highest BCUT2D eigenvalue weighted by atomic mass is 16.5. The molecule has 0 spiro atoms. The number of nitrogens with one attached hydrogen (secondary N) is 2. The van der Waals surface area contributed by atoms with E-state index in [0.29, 0.717) is 11.3 Å². The normalized spacial score (nSPS) is 22.0. The molecule has 1 heterocycles. The summed E-state index contributed by atoms with van der Waals surface area (Å²) in [6, 6.07) is 6.89. The van der Waals surface area contributed by atoms with E-state index in [1.807, 2.05) is 6.92 Å². The molecule has 1 aliphatic heterocycles. The summed E-state index contributed by atoms with van der Waals surface area (Å²) in [5, 5.41) is 6.11. The molecule has 0 saturated carbocycles. The highest BCUT2D eigenvalue weighted by Gasteiger charge is 2.29. The van der Waals surface area contributed by atoms with Gasteiger partial charge in [-0.25, -0.2) is 4.79 Å². The van der Waals surface area contributed by atoms with E-state index in [9.17, 15) is 9.59 Å². The summed E-state index contributed by atoms with van der Waals surface area (Å²) in [6.45, 7) is 2.89. The number of rotatable bonds is 3. The van der Waals surface area contributed by atoms with Gasteiger partial charge in [-0.1, -0.05) is 0 Å². The molecular formula is C14H18N2O3. The Morgan fingerprint density at radius 1 is 1.32 bits per heavy atom. The van der Waals surface area contributed by atoms with E-state index in [0.717, 1.165) is 13.0 Å². The Balaban J connectivity index is 1.99. The van der Waals surface area contributed by atoms with Crippen molar-refractivity contribution in [2.45, 2.75) is 19.4 Å². The molecule has 2 N–H and O–H groups in total. The van der Waals surface area contributed by atoms with Crippen LogP contribution in [-0.2, 0) is 9.53 Å². The van der Waals surface area contributed by atoms with Crippen LogP contribution in [0.2, 0.25) is 0 Å². The second-order valence-electron chi connectivity index (χ2n) is 4.70. The lowest BCUT2D eigenvalue weighted by Crippen LogP contribution is -2.32. The number of amides is 1. The molecule has 1 aliphatic rings. The van der Waals surface area contributed by atoms with Crippen LogP contribution in [0.3, 0.4) is 0 Å². The molecule has 102 valence electrons. The Morgan fingerprint density at radius 2 is 2.00 bits per heavy atom. The smallest absolute Gasteiger partial charge is 0.337 e. The zero-order valence-electron chi connectivity index (χ0n) is 11.1. The molecule has 2 rings (SSSR count). The van der Waals surface area contributed by atoms with Gasteiger partial charge in [-0.2, -0.15) is 0 Å². The van der Waals surface area contributed by atoms with Crippen molar-refractivity contribution in [2.24, 2.45) is 5.92 Å². The van der Waals surface area contributed by atoms with Crippen LogP contribution in [0, 0.1) is 5.92 Å². The lowest BCUT2D eigenvalue weighted by atomic mass is 10.0. The largest absolute Gasteiger partial charge is 0.465 e. The monoisotopic (exact) mass is 262 g/mol. The number of esters is 1. The lowest BCUT2D eigenvalue weighted by Gasteiger charge is -2.15. The first kappa shape index (κ1) is 13.5. The number of methoxy groups -OCH3 is 1. The molecule has 0 bridgehead atoms. The molecule has 1 aromatic carbocycles. The SMILES string of the molecule is COC(=O)c1ccc(NC(=O)C2CCNC2C)cc1. The van der Waals surface area contributed by atoms with Crippen LogP contribution in [0.15, 0.2) is 24.3 Å². The predicted octanol–water partition coefficient (Wildman–Crippen LogP) is 1.41. The van der Waals surface area contributed by atoms with Crippen LogP contribution in [-0.4, -0.2) is 31.6 Å². The van der Waals surface area contributed by atoms with Crippen LogP contribution in [0.1, 0.15) is 23.7 Å². The van der Waals surface area contributed by atoms with Gasteiger partial charge in [-0.05, 0) is 44.2 Å². The van der Waals surface area contributed by atoms with Crippen LogP contribution in [0.4, 0.5) is 5.69 Å². The minimum absolute atomic E-state index is 0.000263. The molecule has 2 unspecified atom stereocenters. The molecular weight excluding hydrogens is 244 g/mol. The van der Waals surface area contributed by atoms with Crippen LogP contribution in [0.5, 0.6) is 0 Å². The van der Waals surface area contributed by atoms with Gasteiger partial charge in [0, 0.05) is 11.7 Å². The van der Waals surface area contributed by atoms with Crippen molar-refractivity contribution in [2.75, 3.05) is 19.0 Å². The fourth-order valence-corrected chi connectivity index (χ4v) is 2.26. The molecule has 5 heteroatoms. The van der Waals surface area contributed by atoms with E-state index in [2.05, 4.69) is 15.4 Å². The van der Waals surface area contributed by atoms with Crippen molar-refractivity contribution in [1.29, 1.82) is 0 Å². The van der Waals surface area contributed by atoms with Crippen molar-refractivity contribution >= 4 is 17.6 Å². The molecule has 0 radical (unpaired) electrons. The van der Waals surface area contributed by atoms with Crippen LogP contribution >= 0.6 is 0 Å². The number of hydrogen-bond donors (Lipinski definition) is 2. The Bertz CT molecular complexity index is 470. The molecule has 5 nitrogen and oxygen atoms in total. The van der Waals surface area contributed by atoms with Crippen molar-refractivity contribution in [1.82, 2.24) is 5.32 Å². The third-order valence-corrected chi connectivity index (χ3v) is 3.44. The van der Waals surface area contributed by atoms with E-state index in [1.165, 1.54) is 7.11 Å². The van der Waals surface area contributed by atoms with Gasteiger partial charge in [0.05, 0.1) is 18.6 Å². The fourth-order valence-electron chi connectivity index (χ4n) is 2.26. The van der Waals surface area contributed by atoms with E-state index in [1.54, 1.807) is 24.3 Å². The third kappa shape index (κ3) is 3.12. The molecule has 2 atom stereocenters. The number of hydrogen-bond acceptors (Lipinski definition) is 4. The van der Waals surface area contributed by atoms with Gasteiger partial charge < -0.3 is 15.4 Å². The van der Waals surface area contributed by atoms with Crippen molar-refractivity contribution < 1.29 is 14.3 Å².